The molecule has 1 aromatic rings. The third-order valence-electron chi connectivity index (χ3n) is 1.64. The van der Waals surface area contributed by atoms with Crippen molar-refractivity contribution >= 4 is 33.5 Å². The summed E-state index contributed by atoms with van der Waals surface area (Å²) in [5.74, 6) is -1.21. The van der Waals surface area contributed by atoms with Crippen molar-refractivity contribution in [3.8, 4) is 0 Å². The van der Waals surface area contributed by atoms with Gasteiger partial charge >= 0.3 is 5.97 Å². The largest absolute Gasteiger partial charge is 0.468 e. The molecule has 0 saturated carbocycles. The molecule has 1 atom stereocenters. The lowest BCUT2D eigenvalue weighted by molar-refractivity contribution is -0.140. The number of rotatable bonds is 2. The molecule has 0 aliphatic rings. The van der Waals surface area contributed by atoms with E-state index in [0.29, 0.717) is 4.47 Å². The molecule has 14 heavy (non-hydrogen) atoms. The topological polar surface area (TPSA) is 26.3 Å². The summed E-state index contributed by atoms with van der Waals surface area (Å²) in [4.78, 5) is 11.0. The van der Waals surface area contributed by atoms with Gasteiger partial charge in [0.15, 0.2) is 5.38 Å². The zero-order chi connectivity index (χ0) is 10.7. The Labute approximate surface area is 94.1 Å². The Morgan fingerprint density at radius 3 is 2.86 bits per heavy atom. The zero-order valence-corrected chi connectivity index (χ0v) is 9.60. The minimum atomic E-state index is -1.11. The number of carbonyl (C=O) groups excluding carboxylic acids is 1. The molecule has 1 rings (SSSR count). The number of esters is 1. The Morgan fingerprint density at radius 2 is 2.29 bits per heavy atom. The van der Waals surface area contributed by atoms with Gasteiger partial charge in [-0.2, -0.15) is 0 Å². The quantitative estimate of drug-likeness (QED) is 0.615. The fraction of sp³-hybridized carbons (Fsp3) is 0.222. The Balaban J connectivity index is 3.05. The standard InChI is InChI=1S/C9H7BrClFO2/c1-14-9(13)8(11)6-4-5(10)2-3-7(6)12/h2-4,8H,1H3/t8-/m0/s1. The maximum Gasteiger partial charge on any atom is 0.328 e. The number of ether oxygens (including phenoxy) is 1. The first kappa shape index (κ1) is 11.5. The first-order chi connectivity index (χ1) is 6.56. The van der Waals surface area contributed by atoms with E-state index in [4.69, 9.17) is 11.6 Å². The van der Waals surface area contributed by atoms with Gasteiger partial charge in [-0.1, -0.05) is 15.9 Å². The van der Waals surface area contributed by atoms with Gasteiger partial charge in [0, 0.05) is 10.0 Å². The molecular weight excluding hydrogens is 274 g/mol. The van der Waals surface area contributed by atoms with Crippen LogP contribution in [0.5, 0.6) is 0 Å². The SMILES string of the molecule is COC(=O)[C@@H](Cl)c1cc(Br)ccc1F. The molecule has 0 aromatic heterocycles. The van der Waals surface area contributed by atoms with Crippen LogP contribution in [0.15, 0.2) is 22.7 Å². The van der Waals surface area contributed by atoms with Gasteiger partial charge in [0.1, 0.15) is 5.82 Å². The number of methoxy groups -OCH3 is 1. The van der Waals surface area contributed by atoms with Crippen molar-refractivity contribution in [2.75, 3.05) is 7.11 Å². The van der Waals surface area contributed by atoms with Gasteiger partial charge in [-0.3, -0.25) is 4.79 Å². The van der Waals surface area contributed by atoms with E-state index < -0.39 is 17.2 Å². The molecule has 0 fully saturated rings. The van der Waals surface area contributed by atoms with E-state index in [1.54, 1.807) is 0 Å². The third kappa shape index (κ3) is 2.45. The molecule has 0 spiro atoms. The normalized spacial score (nSPS) is 12.3. The van der Waals surface area contributed by atoms with E-state index in [1.807, 2.05) is 0 Å². The Hall–Kier alpha value is -0.610. The first-order valence-electron chi connectivity index (χ1n) is 3.73. The predicted octanol–water partition coefficient (Wildman–Crippen LogP) is 3.04. The van der Waals surface area contributed by atoms with E-state index in [9.17, 15) is 9.18 Å². The average molecular weight is 282 g/mol. The van der Waals surface area contributed by atoms with Crippen LogP contribution >= 0.6 is 27.5 Å². The second kappa shape index (κ2) is 4.75. The van der Waals surface area contributed by atoms with Crippen LogP contribution in [0.2, 0.25) is 0 Å². The summed E-state index contributed by atoms with van der Waals surface area (Å²) in [5, 5.41) is -1.11. The van der Waals surface area contributed by atoms with Crippen molar-refractivity contribution < 1.29 is 13.9 Å². The molecule has 0 bridgehead atoms. The summed E-state index contributed by atoms with van der Waals surface area (Å²) in [6.07, 6.45) is 0. The molecule has 2 nitrogen and oxygen atoms in total. The molecule has 5 heteroatoms. The Kier molecular flexibility index (Phi) is 3.89. The van der Waals surface area contributed by atoms with Crippen LogP contribution in [0.4, 0.5) is 4.39 Å². The molecule has 1 aromatic carbocycles. The monoisotopic (exact) mass is 280 g/mol. The average Bonchev–Trinajstić information content (AvgIpc) is 2.19. The number of carbonyl (C=O) groups is 1. The Bertz CT molecular complexity index is 357. The molecular formula is C9H7BrClFO2. The predicted molar refractivity (Wildman–Crippen MR) is 54.7 cm³/mol. The van der Waals surface area contributed by atoms with E-state index >= 15 is 0 Å². The van der Waals surface area contributed by atoms with Gasteiger partial charge in [0.05, 0.1) is 7.11 Å². The maximum atomic E-state index is 13.2. The van der Waals surface area contributed by atoms with Crippen LogP contribution in [0.3, 0.4) is 0 Å². The van der Waals surface area contributed by atoms with Crippen LogP contribution < -0.4 is 0 Å². The highest BCUT2D eigenvalue weighted by atomic mass is 79.9. The highest BCUT2D eigenvalue weighted by Crippen LogP contribution is 2.27. The van der Waals surface area contributed by atoms with E-state index in [2.05, 4.69) is 20.7 Å². The molecule has 0 heterocycles. The fourth-order valence-corrected chi connectivity index (χ4v) is 1.57. The van der Waals surface area contributed by atoms with Crippen molar-refractivity contribution in [1.29, 1.82) is 0 Å². The third-order valence-corrected chi connectivity index (χ3v) is 2.55. The number of hydrogen-bond acceptors (Lipinski definition) is 2. The van der Waals surface area contributed by atoms with Gasteiger partial charge in [-0.15, -0.1) is 11.6 Å². The summed E-state index contributed by atoms with van der Waals surface area (Å²) in [5.41, 5.74) is 0.105. The van der Waals surface area contributed by atoms with Crippen LogP contribution in [-0.4, -0.2) is 13.1 Å². The second-order valence-electron chi connectivity index (χ2n) is 2.55. The van der Waals surface area contributed by atoms with Crippen molar-refractivity contribution in [3.63, 3.8) is 0 Å². The summed E-state index contributed by atoms with van der Waals surface area (Å²) in [6.45, 7) is 0. The smallest absolute Gasteiger partial charge is 0.328 e. The molecule has 0 N–H and O–H groups in total. The van der Waals surface area contributed by atoms with Crippen LogP contribution in [-0.2, 0) is 9.53 Å². The van der Waals surface area contributed by atoms with E-state index in [1.165, 1.54) is 25.3 Å². The van der Waals surface area contributed by atoms with Gasteiger partial charge in [0.25, 0.3) is 0 Å². The maximum absolute atomic E-state index is 13.2. The number of alkyl halides is 1. The lowest BCUT2D eigenvalue weighted by Gasteiger charge is -2.08. The second-order valence-corrected chi connectivity index (χ2v) is 3.90. The van der Waals surface area contributed by atoms with Gasteiger partial charge in [0.2, 0.25) is 0 Å². The van der Waals surface area contributed by atoms with Gasteiger partial charge in [-0.05, 0) is 18.2 Å². The van der Waals surface area contributed by atoms with E-state index in [0.717, 1.165) is 0 Å². The van der Waals surface area contributed by atoms with Gasteiger partial charge < -0.3 is 4.74 Å². The number of hydrogen-bond donors (Lipinski definition) is 0. The fourth-order valence-electron chi connectivity index (χ4n) is 0.939. The van der Waals surface area contributed by atoms with E-state index in [-0.39, 0.29) is 5.56 Å². The molecule has 0 radical (unpaired) electrons. The van der Waals surface area contributed by atoms with Crippen molar-refractivity contribution in [1.82, 2.24) is 0 Å². The van der Waals surface area contributed by atoms with Crippen LogP contribution in [0, 0.1) is 5.82 Å². The highest BCUT2D eigenvalue weighted by molar-refractivity contribution is 9.10. The Morgan fingerprint density at radius 1 is 1.64 bits per heavy atom. The summed E-state index contributed by atoms with van der Waals surface area (Å²) in [6, 6.07) is 4.21. The first-order valence-corrected chi connectivity index (χ1v) is 4.96. The molecule has 0 unspecified atom stereocenters. The summed E-state index contributed by atoms with van der Waals surface area (Å²) < 4.78 is 18.3. The highest BCUT2D eigenvalue weighted by Gasteiger charge is 2.21. The minimum Gasteiger partial charge on any atom is -0.468 e. The van der Waals surface area contributed by atoms with Crippen molar-refractivity contribution in [3.05, 3.63) is 34.1 Å². The summed E-state index contributed by atoms with van der Waals surface area (Å²) >= 11 is 8.86. The zero-order valence-electron chi connectivity index (χ0n) is 7.26. The summed E-state index contributed by atoms with van der Waals surface area (Å²) in [7, 11) is 1.20. The molecule has 0 aliphatic carbocycles. The molecule has 0 aliphatic heterocycles. The number of halogens is 3. The lowest BCUT2D eigenvalue weighted by atomic mass is 10.1. The lowest BCUT2D eigenvalue weighted by Crippen LogP contribution is -2.10. The van der Waals surface area contributed by atoms with Crippen LogP contribution in [0.1, 0.15) is 10.9 Å². The molecule has 0 amide bonds. The molecule has 0 saturated heterocycles. The molecule has 76 valence electrons. The van der Waals surface area contributed by atoms with Crippen molar-refractivity contribution in [2.24, 2.45) is 0 Å². The van der Waals surface area contributed by atoms with Gasteiger partial charge in [-0.25, -0.2) is 4.39 Å². The minimum absolute atomic E-state index is 0.105. The number of benzene rings is 1. The van der Waals surface area contributed by atoms with Crippen molar-refractivity contribution in [2.45, 2.75) is 5.38 Å². The van der Waals surface area contributed by atoms with Crippen LogP contribution in [0.25, 0.3) is 0 Å².